The van der Waals surface area contributed by atoms with Crippen molar-refractivity contribution < 1.29 is 0 Å². The summed E-state index contributed by atoms with van der Waals surface area (Å²) in [6.45, 7) is 5.52. The van der Waals surface area contributed by atoms with Gasteiger partial charge in [0.25, 0.3) is 0 Å². The van der Waals surface area contributed by atoms with E-state index in [-0.39, 0.29) is 5.84 Å². The Morgan fingerprint density at radius 3 is 2.52 bits per heavy atom. The van der Waals surface area contributed by atoms with Crippen LogP contribution in [0.25, 0.3) is 11.1 Å². The molecule has 2 aromatic carbocycles. The molecule has 5 N–H and O–H groups in total. The molecule has 1 saturated carbocycles. The average Bonchev–Trinajstić information content (AvgIpc) is 2.73. The zero-order chi connectivity index (χ0) is 20.8. The molecule has 0 atom stereocenters. The molecule has 0 unspecified atom stereocenters. The van der Waals surface area contributed by atoms with E-state index in [2.05, 4.69) is 41.2 Å². The maximum atomic E-state index is 8.11. The highest BCUT2D eigenvalue weighted by Crippen LogP contribution is 2.35. The monoisotopic (exact) mass is 392 g/mol. The SMILES string of the molecule is CC(C)CN(c1ccc(-c2ccccc2C(=N)N=NN)cc1N)C1CCCCC1. The molecular weight excluding hydrogens is 360 g/mol. The molecule has 0 heterocycles. The van der Waals surface area contributed by atoms with E-state index in [1.54, 1.807) is 0 Å². The highest BCUT2D eigenvalue weighted by Gasteiger charge is 2.24. The molecule has 0 radical (unpaired) electrons. The number of benzene rings is 2. The minimum atomic E-state index is 0.0365. The Morgan fingerprint density at radius 2 is 1.86 bits per heavy atom. The van der Waals surface area contributed by atoms with Gasteiger partial charge in [0.2, 0.25) is 0 Å². The first-order valence-electron chi connectivity index (χ1n) is 10.5. The summed E-state index contributed by atoms with van der Waals surface area (Å²) < 4.78 is 0. The van der Waals surface area contributed by atoms with Crippen LogP contribution in [0.1, 0.15) is 51.5 Å². The van der Waals surface area contributed by atoms with Gasteiger partial charge in [-0.3, -0.25) is 5.41 Å². The number of nitrogens with one attached hydrogen (secondary N) is 1. The summed E-state index contributed by atoms with van der Waals surface area (Å²) in [4.78, 5) is 2.51. The zero-order valence-electron chi connectivity index (χ0n) is 17.4. The summed E-state index contributed by atoms with van der Waals surface area (Å²) in [7, 11) is 0. The summed E-state index contributed by atoms with van der Waals surface area (Å²) in [6.07, 6.45) is 6.39. The minimum Gasteiger partial charge on any atom is -0.397 e. The fraction of sp³-hybridized carbons (Fsp3) is 0.435. The second-order valence-electron chi connectivity index (χ2n) is 8.22. The molecule has 6 heteroatoms. The van der Waals surface area contributed by atoms with Crippen molar-refractivity contribution in [1.82, 2.24) is 0 Å². The van der Waals surface area contributed by atoms with E-state index in [1.807, 2.05) is 30.3 Å². The van der Waals surface area contributed by atoms with Crippen LogP contribution in [0.3, 0.4) is 0 Å². The van der Waals surface area contributed by atoms with Gasteiger partial charge in [-0.05, 0) is 42.0 Å². The molecule has 29 heavy (non-hydrogen) atoms. The van der Waals surface area contributed by atoms with Crippen LogP contribution < -0.4 is 16.5 Å². The standard InChI is InChI=1S/C23H32N6/c1-16(2)15-29(18-8-4-3-5-9-18)22-13-12-17(14-21(22)24)19-10-6-7-11-20(19)23(25)27-28-26/h6-7,10-14,16,18H,3-5,8-9,15,24H2,1-2H3,(H3,25,26,27). The quantitative estimate of drug-likeness (QED) is 0.153. The van der Waals surface area contributed by atoms with Gasteiger partial charge in [0.1, 0.15) is 0 Å². The summed E-state index contributed by atoms with van der Waals surface area (Å²) in [5.74, 6) is 5.74. The van der Waals surface area contributed by atoms with Gasteiger partial charge >= 0.3 is 0 Å². The molecule has 6 nitrogen and oxygen atoms in total. The normalized spacial score (nSPS) is 15.1. The molecule has 1 aliphatic carbocycles. The predicted molar refractivity (Wildman–Crippen MR) is 121 cm³/mol. The van der Waals surface area contributed by atoms with Crippen molar-refractivity contribution in [3.05, 3.63) is 48.0 Å². The Bertz CT molecular complexity index is 867. The van der Waals surface area contributed by atoms with Gasteiger partial charge in [0, 0.05) is 18.2 Å². The Balaban J connectivity index is 1.96. The van der Waals surface area contributed by atoms with Crippen molar-refractivity contribution in [2.75, 3.05) is 17.2 Å². The zero-order valence-corrected chi connectivity index (χ0v) is 17.4. The first kappa shape index (κ1) is 20.8. The lowest BCUT2D eigenvalue weighted by Crippen LogP contribution is -2.39. The van der Waals surface area contributed by atoms with Gasteiger partial charge in [-0.1, -0.05) is 68.7 Å². The van der Waals surface area contributed by atoms with Gasteiger partial charge in [-0.2, -0.15) is 0 Å². The number of hydrogen-bond donors (Lipinski definition) is 3. The Labute approximate surface area is 173 Å². The van der Waals surface area contributed by atoms with Crippen molar-refractivity contribution in [3.8, 4) is 11.1 Å². The van der Waals surface area contributed by atoms with Crippen LogP contribution in [0.15, 0.2) is 52.8 Å². The first-order chi connectivity index (χ1) is 14.0. The predicted octanol–water partition coefficient (Wildman–Crippen LogP) is 5.38. The van der Waals surface area contributed by atoms with Crippen LogP contribution in [0.4, 0.5) is 11.4 Å². The van der Waals surface area contributed by atoms with E-state index in [0.29, 0.717) is 17.5 Å². The molecule has 154 valence electrons. The van der Waals surface area contributed by atoms with E-state index in [4.69, 9.17) is 17.0 Å². The minimum absolute atomic E-state index is 0.0365. The van der Waals surface area contributed by atoms with Crippen LogP contribution in [0.5, 0.6) is 0 Å². The van der Waals surface area contributed by atoms with E-state index in [9.17, 15) is 0 Å². The molecule has 0 bridgehead atoms. The smallest absolute Gasteiger partial charge is 0.176 e. The van der Waals surface area contributed by atoms with Gasteiger partial charge < -0.3 is 16.5 Å². The molecule has 1 fully saturated rings. The maximum absolute atomic E-state index is 8.11. The van der Waals surface area contributed by atoms with E-state index in [0.717, 1.165) is 29.0 Å². The molecule has 0 spiro atoms. The first-order valence-corrected chi connectivity index (χ1v) is 10.5. The Kier molecular flexibility index (Phi) is 6.86. The molecular formula is C23H32N6. The summed E-state index contributed by atoms with van der Waals surface area (Å²) in [5.41, 5.74) is 11.0. The third kappa shape index (κ3) is 4.94. The van der Waals surface area contributed by atoms with Gasteiger partial charge in [-0.15, -0.1) is 5.11 Å². The fourth-order valence-electron chi connectivity index (χ4n) is 4.27. The number of nitrogens with two attached hydrogens (primary N) is 2. The van der Waals surface area contributed by atoms with Crippen LogP contribution >= 0.6 is 0 Å². The molecule has 0 saturated heterocycles. The number of hydrogen-bond acceptors (Lipinski definition) is 4. The van der Waals surface area contributed by atoms with Gasteiger partial charge in [0.05, 0.1) is 11.4 Å². The Morgan fingerprint density at radius 1 is 1.14 bits per heavy atom. The Hall–Kier alpha value is -2.89. The van der Waals surface area contributed by atoms with Crippen LogP contribution in [-0.2, 0) is 0 Å². The molecule has 0 amide bonds. The van der Waals surface area contributed by atoms with E-state index < -0.39 is 0 Å². The third-order valence-electron chi connectivity index (χ3n) is 5.57. The van der Waals surface area contributed by atoms with E-state index in [1.165, 1.54) is 32.1 Å². The summed E-state index contributed by atoms with van der Waals surface area (Å²) >= 11 is 0. The van der Waals surface area contributed by atoms with Crippen LogP contribution in [-0.4, -0.2) is 18.4 Å². The molecule has 2 aromatic rings. The maximum Gasteiger partial charge on any atom is 0.176 e. The largest absolute Gasteiger partial charge is 0.397 e. The second-order valence-corrected chi connectivity index (χ2v) is 8.22. The highest BCUT2D eigenvalue weighted by molar-refractivity contribution is 6.03. The summed E-state index contributed by atoms with van der Waals surface area (Å²) in [5, 5.41) is 15.1. The molecule has 3 rings (SSSR count). The van der Waals surface area contributed by atoms with Crippen molar-refractivity contribution in [1.29, 1.82) is 5.41 Å². The lowest BCUT2D eigenvalue weighted by atomic mass is 9.92. The van der Waals surface area contributed by atoms with Crippen LogP contribution in [0.2, 0.25) is 0 Å². The topological polar surface area (TPSA) is 104 Å². The third-order valence-corrected chi connectivity index (χ3v) is 5.57. The van der Waals surface area contributed by atoms with Gasteiger partial charge in [-0.25, -0.2) is 0 Å². The lowest BCUT2D eigenvalue weighted by Gasteiger charge is -2.38. The van der Waals surface area contributed by atoms with Crippen LogP contribution in [0, 0.1) is 11.3 Å². The van der Waals surface area contributed by atoms with Crippen molar-refractivity contribution in [2.45, 2.75) is 52.0 Å². The van der Waals surface area contributed by atoms with Crippen molar-refractivity contribution in [2.24, 2.45) is 22.1 Å². The number of nitrogens with zero attached hydrogens (tertiary/aromatic N) is 3. The number of anilines is 2. The highest BCUT2D eigenvalue weighted by atomic mass is 15.3. The lowest BCUT2D eigenvalue weighted by molar-refractivity contribution is 0.401. The number of rotatable bonds is 6. The molecule has 1 aliphatic rings. The fourth-order valence-corrected chi connectivity index (χ4v) is 4.27. The van der Waals surface area contributed by atoms with E-state index >= 15 is 0 Å². The molecule has 0 aliphatic heterocycles. The second kappa shape index (κ2) is 9.54. The summed E-state index contributed by atoms with van der Waals surface area (Å²) in [6, 6.07) is 14.4. The van der Waals surface area contributed by atoms with Crippen molar-refractivity contribution in [3.63, 3.8) is 0 Å². The average molecular weight is 393 g/mol. The van der Waals surface area contributed by atoms with Crippen molar-refractivity contribution >= 4 is 17.2 Å². The van der Waals surface area contributed by atoms with Gasteiger partial charge in [0.15, 0.2) is 5.84 Å². The number of amidine groups is 1. The number of nitrogen functional groups attached to an aromatic ring is 1. The molecule has 0 aromatic heterocycles.